The van der Waals surface area contributed by atoms with E-state index in [9.17, 15) is 0 Å². The molecule has 1 N–H and O–H groups in total. The van der Waals surface area contributed by atoms with Gasteiger partial charge in [0.15, 0.2) is 5.82 Å². The van der Waals surface area contributed by atoms with Crippen molar-refractivity contribution in [3.63, 3.8) is 0 Å². The highest BCUT2D eigenvalue weighted by molar-refractivity contribution is 6.30. The molecule has 0 aliphatic carbocycles. The normalized spacial score (nSPS) is 10.9. The number of halogens is 1. The van der Waals surface area contributed by atoms with Crippen LogP contribution in [0.1, 0.15) is 30.3 Å². The van der Waals surface area contributed by atoms with Crippen molar-refractivity contribution in [1.82, 2.24) is 20.3 Å². The summed E-state index contributed by atoms with van der Waals surface area (Å²) in [4.78, 5) is 13.5. The molecule has 0 unspecified atom stereocenters. The van der Waals surface area contributed by atoms with Crippen LogP contribution in [0.3, 0.4) is 0 Å². The van der Waals surface area contributed by atoms with Gasteiger partial charge in [-0.1, -0.05) is 18.5 Å². The highest BCUT2D eigenvalue weighted by Crippen LogP contribution is 2.18. The molecule has 0 saturated carbocycles. The molecule has 4 nitrogen and oxygen atoms in total. The zero-order valence-corrected chi connectivity index (χ0v) is 13.5. The number of nitrogens with one attached hydrogen (secondary N) is 1. The van der Waals surface area contributed by atoms with E-state index in [-0.39, 0.29) is 0 Å². The molecule has 0 fully saturated rings. The van der Waals surface area contributed by atoms with E-state index in [0.717, 1.165) is 43.0 Å². The van der Waals surface area contributed by atoms with Crippen LogP contribution in [0, 0.1) is 13.8 Å². The second-order valence-corrected chi connectivity index (χ2v) is 5.49. The van der Waals surface area contributed by atoms with E-state index in [2.05, 4.69) is 27.2 Å². The number of pyridine rings is 1. The van der Waals surface area contributed by atoms with Crippen molar-refractivity contribution >= 4 is 11.6 Å². The van der Waals surface area contributed by atoms with Gasteiger partial charge in [0.05, 0.1) is 5.02 Å². The molecule has 2 aromatic rings. The highest BCUT2D eigenvalue weighted by atomic mass is 35.5. The number of hydrogen-bond donors (Lipinski definition) is 1. The lowest BCUT2D eigenvalue weighted by atomic mass is 10.1. The summed E-state index contributed by atoms with van der Waals surface area (Å²) >= 11 is 5.86. The number of aromatic nitrogens is 3. The SMILES string of the molecule is CCCNCCc1c(C)nc(-c2ccc(Cl)cn2)nc1C. The molecule has 0 aliphatic rings. The summed E-state index contributed by atoms with van der Waals surface area (Å²) in [6, 6.07) is 3.65. The van der Waals surface area contributed by atoms with Gasteiger partial charge in [-0.2, -0.15) is 0 Å². The van der Waals surface area contributed by atoms with Crippen LogP contribution in [0.4, 0.5) is 0 Å². The lowest BCUT2D eigenvalue weighted by Gasteiger charge is -2.11. The number of hydrogen-bond acceptors (Lipinski definition) is 4. The van der Waals surface area contributed by atoms with Crippen molar-refractivity contribution in [2.75, 3.05) is 13.1 Å². The minimum Gasteiger partial charge on any atom is -0.316 e. The van der Waals surface area contributed by atoms with Crippen LogP contribution >= 0.6 is 11.6 Å². The van der Waals surface area contributed by atoms with E-state index in [0.29, 0.717) is 10.8 Å². The second kappa shape index (κ2) is 7.48. The first-order chi connectivity index (χ1) is 10.1. The third kappa shape index (κ3) is 4.22. The van der Waals surface area contributed by atoms with Gasteiger partial charge < -0.3 is 5.32 Å². The zero-order chi connectivity index (χ0) is 15.2. The monoisotopic (exact) mass is 304 g/mol. The van der Waals surface area contributed by atoms with E-state index in [1.807, 2.05) is 19.9 Å². The van der Waals surface area contributed by atoms with Crippen molar-refractivity contribution in [3.05, 3.63) is 40.3 Å². The first-order valence-corrected chi connectivity index (χ1v) is 7.66. The van der Waals surface area contributed by atoms with Crippen LogP contribution in [0.15, 0.2) is 18.3 Å². The molecule has 2 rings (SSSR count). The standard InChI is InChI=1S/C16H21ClN4/c1-4-8-18-9-7-14-11(2)20-16(21-12(14)3)15-6-5-13(17)10-19-15/h5-6,10,18H,4,7-9H2,1-3H3. The van der Waals surface area contributed by atoms with Crippen molar-refractivity contribution in [1.29, 1.82) is 0 Å². The summed E-state index contributed by atoms with van der Waals surface area (Å²) in [6.07, 6.45) is 3.72. The maximum absolute atomic E-state index is 5.86. The second-order valence-electron chi connectivity index (χ2n) is 5.06. The predicted molar refractivity (Wildman–Crippen MR) is 86.6 cm³/mol. The van der Waals surface area contributed by atoms with Crippen LogP contribution in [0.2, 0.25) is 5.02 Å². The molecule has 0 aromatic carbocycles. The van der Waals surface area contributed by atoms with Gasteiger partial charge in [0.2, 0.25) is 0 Å². The maximum atomic E-state index is 5.86. The Bertz CT molecular complexity index is 573. The van der Waals surface area contributed by atoms with Crippen molar-refractivity contribution in [2.24, 2.45) is 0 Å². The lowest BCUT2D eigenvalue weighted by molar-refractivity contribution is 0.666. The number of nitrogens with zero attached hydrogens (tertiary/aromatic N) is 3. The van der Waals surface area contributed by atoms with E-state index in [4.69, 9.17) is 11.6 Å². The first-order valence-electron chi connectivity index (χ1n) is 7.28. The molecule has 112 valence electrons. The minimum atomic E-state index is 0.616. The molecule has 2 aromatic heterocycles. The largest absolute Gasteiger partial charge is 0.316 e. The van der Waals surface area contributed by atoms with E-state index in [1.165, 1.54) is 5.56 Å². The zero-order valence-electron chi connectivity index (χ0n) is 12.8. The van der Waals surface area contributed by atoms with Gasteiger partial charge in [0, 0.05) is 17.6 Å². The Hall–Kier alpha value is -1.52. The topological polar surface area (TPSA) is 50.7 Å². The average Bonchev–Trinajstić information content (AvgIpc) is 2.46. The fraction of sp³-hybridized carbons (Fsp3) is 0.438. The number of rotatable bonds is 6. The van der Waals surface area contributed by atoms with Crippen molar-refractivity contribution in [2.45, 2.75) is 33.6 Å². The summed E-state index contributed by atoms with van der Waals surface area (Å²) in [6.45, 7) is 8.23. The van der Waals surface area contributed by atoms with Crippen LogP contribution in [0.25, 0.3) is 11.5 Å². The lowest BCUT2D eigenvalue weighted by Crippen LogP contribution is -2.19. The Morgan fingerprint density at radius 2 is 1.81 bits per heavy atom. The Labute approximate surface area is 131 Å². The van der Waals surface area contributed by atoms with Gasteiger partial charge in [-0.3, -0.25) is 4.98 Å². The summed E-state index contributed by atoms with van der Waals surface area (Å²) < 4.78 is 0. The Kier molecular flexibility index (Phi) is 5.65. The van der Waals surface area contributed by atoms with Gasteiger partial charge in [-0.25, -0.2) is 9.97 Å². The van der Waals surface area contributed by atoms with Crippen LogP contribution in [-0.2, 0) is 6.42 Å². The fourth-order valence-corrected chi connectivity index (χ4v) is 2.35. The van der Waals surface area contributed by atoms with Gasteiger partial charge in [0.1, 0.15) is 5.69 Å². The molecule has 0 saturated heterocycles. The van der Waals surface area contributed by atoms with E-state index < -0.39 is 0 Å². The first kappa shape index (κ1) is 15.9. The van der Waals surface area contributed by atoms with Crippen LogP contribution in [-0.4, -0.2) is 28.0 Å². The summed E-state index contributed by atoms with van der Waals surface area (Å²) in [5.74, 6) is 0.659. The molecular weight excluding hydrogens is 284 g/mol. The van der Waals surface area contributed by atoms with Crippen LogP contribution in [0.5, 0.6) is 0 Å². The summed E-state index contributed by atoms with van der Waals surface area (Å²) in [5, 5.41) is 4.02. The molecule has 0 radical (unpaired) electrons. The molecule has 0 atom stereocenters. The summed E-state index contributed by atoms with van der Waals surface area (Å²) in [5.41, 5.74) is 4.01. The smallest absolute Gasteiger partial charge is 0.178 e. The summed E-state index contributed by atoms with van der Waals surface area (Å²) in [7, 11) is 0. The molecule has 0 aliphatic heterocycles. The van der Waals surface area contributed by atoms with Crippen LogP contribution < -0.4 is 5.32 Å². The van der Waals surface area contributed by atoms with Crippen molar-refractivity contribution in [3.8, 4) is 11.5 Å². The van der Waals surface area contributed by atoms with Gasteiger partial charge in [0.25, 0.3) is 0 Å². The average molecular weight is 305 g/mol. The molecular formula is C16H21ClN4. The van der Waals surface area contributed by atoms with Crippen molar-refractivity contribution < 1.29 is 0 Å². The Balaban J connectivity index is 2.18. The molecule has 0 amide bonds. The number of aryl methyl sites for hydroxylation is 2. The Morgan fingerprint density at radius 3 is 2.38 bits per heavy atom. The van der Waals surface area contributed by atoms with Gasteiger partial charge in [-0.15, -0.1) is 0 Å². The Morgan fingerprint density at radius 1 is 1.10 bits per heavy atom. The quantitative estimate of drug-likeness (QED) is 0.832. The predicted octanol–water partition coefficient (Wildman–Crippen LogP) is 3.35. The molecule has 21 heavy (non-hydrogen) atoms. The third-order valence-corrected chi connectivity index (χ3v) is 3.58. The van der Waals surface area contributed by atoms with E-state index >= 15 is 0 Å². The minimum absolute atomic E-state index is 0.616. The van der Waals surface area contributed by atoms with Gasteiger partial charge in [-0.05, 0) is 57.5 Å². The fourth-order valence-electron chi connectivity index (χ4n) is 2.24. The third-order valence-electron chi connectivity index (χ3n) is 3.36. The van der Waals surface area contributed by atoms with Gasteiger partial charge >= 0.3 is 0 Å². The molecule has 5 heteroatoms. The molecule has 2 heterocycles. The maximum Gasteiger partial charge on any atom is 0.178 e. The highest BCUT2D eigenvalue weighted by Gasteiger charge is 2.10. The molecule has 0 bridgehead atoms. The van der Waals surface area contributed by atoms with E-state index in [1.54, 1.807) is 12.3 Å². The molecule has 0 spiro atoms.